The van der Waals surface area contributed by atoms with Gasteiger partial charge in [0.05, 0.1) is 16.7 Å². The molecule has 0 saturated carbocycles. The van der Waals surface area contributed by atoms with Gasteiger partial charge in [-0.3, -0.25) is 14.9 Å². The molecule has 0 fully saturated rings. The van der Waals surface area contributed by atoms with Gasteiger partial charge in [0.1, 0.15) is 5.76 Å². The minimum absolute atomic E-state index is 0.129. The number of nitro groups is 1. The number of phenols is 1. The maximum Gasteiger partial charge on any atom is 0.311 e. The molecule has 2 rings (SSSR count). The average Bonchev–Trinajstić information content (AvgIpc) is 2.91. The highest BCUT2D eigenvalue weighted by Gasteiger charge is 2.21. The molecular weight excluding hydrogens is 276 g/mol. The van der Waals surface area contributed by atoms with Crippen molar-refractivity contribution in [3.63, 3.8) is 0 Å². The highest BCUT2D eigenvalue weighted by Crippen LogP contribution is 2.29. The molecule has 2 aromatic rings. The summed E-state index contributed by atoms with van der Waals surface area (Å²) >= 11 is 0. The number of hydrogen-bond donors (Lipinski definition) is 2. The van der Waals surface area contributed by atoms with Crippen molar-refractivity contribution in [2.24, 2.45) is 0 Å². The Labute approximate surface area is 120 Å². The lowest BCUT2D eigenvalue weighted by Gasteiger charge is -2.13. The predicted molar refractivity (Wildman–Crippen MR) is 74.1 cm³/mol. The van der Waals surface area contributed by atoms with Crippen LogP contribution in [0.4, 0.5) is 5.69 Å². The van der Waals surface area contributed by atoms with Gasteiger partial charge in [-0.25, -0.2) is 0 Å². The summed E-state index contributed by atoms with van der Waals surface area (Å²) in [5, 5.41) is 23.2. The fraction of sp³-hybridized carbons (Fsp3) is 0.214. The number of furan rings is 1. The Bertz CT molecular complexity index is 651. The van der Waals surface area contributed by atoms with E-state index < -0.39 is 22.3 Å². The summed E-state index contributed by atoms with van der Waals surface area (Å²) in [5.41, 5.74) is -0.628. The monoisotopic (exact) mass is 290 g/mol. The number of phenolic OH excluding ortho intramolecular Hbond substituents is 1. The van der Waals surface area contributed by atoms with Crippen LogP contribution in [0.15, 0.2) is 41.0 Å². The van der Waals surface area contributed by atoms with Crippen molar-refractivity contribution in [3.05, 3.63) is 58.0 Å². The lowest BCUT2D eigenvalue weighted by Crippen LogP contribution is -2.34. The molecule has 1 aromatic carbocycles. The predicted octanol–water partition coefficient (Wildman–Crippen LogP) is 2.25. The fourth-order valence-corrected chi connectivity index (χ4v) is 1.94. The maximum absolute atomic E-state index is 12.1. The largest absolute Gasteiger partial charge is 0.502 e. The summed E-state index contributed by atoms with van der Waals surface area (Å²) in [5.74, 6) is -0.494. The highest BCUT2D eigenvalue weighted by molar-refractivity contribution is 5.98. The van der Waals surface area contributed by atoms with Gasteiger partial charge in [0, 0.05) is 18.5 Å². The molecule has 1 unspecified atom stereocenters. The Morgan fingerprint density at radius 3 is 2.81 bits per heavy atom. The van der Waals surface area contributed by atoms with Gasteiger partial charge in [0.25, 0.3) is 5.91 Å². The summed E-state index contributed by atoms with van der Waals surface area (Å²) in [6, 6.07) is 7.10. The van der Waals surface area contributed by atoms with Crippen LogP contribution in [0.1, 0.15) is 23.0 Å². The van der Waals surface area contributed by atoms with Crippen molar-refractivity contribution >= 4 is 11.6 Å². The lowest BCUT2D eigenvalue weighted by atomic mass is 10.1. The molecule has 2 N–H and O–H groups in total. The summed E-state index contributed by atoms with van der Waals surface area (Å²) in [6.45, 7) is 1.77. The molecule has 1 heterocycles. The zero-order valence-corrected chi connectivity index (χ0v) is 11.3. The molecule has 21 heavy (non-hydrogen) atoms. The highest BCUT2D eigenvalue weighted by atomic mass is 16.6. The zero-order chi connectivity index (χ0) is 15.4. The van der Waals surface area contributed by atoms with E-state index in [9.17, 15) is 20.0 Å². The molecule has 0 aliphatic heterocycles. The summed E-state index contributed by atoms with van der Waals surface area (Å²) < 4.78 is 5.18. The van der Waals surface area contributed by atoms with E-state index in [0.717, 1.165) is 6.07 Å². The molecule has 1 aromatic heterocycles. The van der Waals surface area contributed by atoms with Gasteiger partial charge in [0.2, 0.25) is 5.75 Å². The number of carbonyl (C=O) groups is 1. The van der Waals surface area contributed by atoms with Gasteiger partial charge in [0.15, 0.2) is 0 Å². The number of nitrogens with one attached hydrogen (secondary N) is 1. The minimum Gasteiger partial charge on any atom is -0.502 e. The SMILES string of the molecule is CC(Cc1ccco1)NC(=O)c1cccc([N+](=O)[O-])c1O. The Balaban J connectivity index is 2.10. The van der Waals surface area contributed by atoms with E-state index in [1.165, 1.54) is 18.4 Å². The number of benzene rings is 1. The van der Waals surface area contributed by atoms with E-state index in [1.807, 2.05) is 0 Å². The van der Waals surface area contributed by atoms with Gasteiger partial charge >= 0.3 is 5.69 Å². The van der Waals surface area contributed by atoms with Crippen molar-refractivity contribution in [3.8, 4) is 5.75 Å². The number of hydrogen-bond acceptors (Lipinski definition) is 5. The van der Waals surface area contributed by atoms with Crippen LogP contribution in [0.2, 0.25) is 0 Å². The van der Waals surface area contributed by atoms with E-state index in [4.69, 9.17) is 4.42 Å². The molecular formula is C14H14N2O5. The summed E-state index contributed by atoms with van der Waals surface area (Å²) in [4.78, 5) is 22.0. The zero-order valence-electron chi connectivity index (χ0n) is 11.3. The van der Waals surface area contributed by atoms with Gasteiger partial charge in [-0.1, -0.05) is 6.07 Å². The molecule has 0 saturated heterocycles. The van der Waals surface area contributed by atoms with Crippen molar-refractivity contribution in [1.82, 2.24) is 5.32 Å². The Morgan fingerprint density at radius 2 is 2.19 bits per heavy atom. The second-order valence-corrected chi connectivity index (χ2v) is 4.59. The molecule has 1 atom stereocenters. The normalized spacial score (nSPS) is 11.9. The molecule has 0 aliphatic rings. The number of aromatic hydroxyl groups is 1. The summed E-state index contributed by atoms with van der Waals surface area (Å²) in [6.07, 6.45) is 2.02. The lowest BCUT2D eigenvalue weighted by molar-refractivity contribution is -0.385. The first-order chi connectivity index (χ1) is 9.99. The second kappa shape index (κ2) is 6.08. The second-order valence-electron chi connectivity index (χ2n) is 4.59. The van der Waals surface area contributed by atoms with Gasteiger partial charge in [-0.05, 0) is 25.1 Å². The van der Waals surface area contributed by atoms with Crippen LogP contribution in [0, 0.1) is 10.1 Å². The average molecular weight is 290 g/mol. The van der Waals surface area contributed by atoms with Crippen molar-refractivity contribution in [2.45, 2.75) is 19.4 Å². The van der Waals surface area contributed by atoms with Gasteiger partial charge in [-0.15, -0.1) is 0 Å². The first-order valence-corrected chi connectivity index (χ1v) is 6.28. The molecule has 7 nitrogen and oxygen atoms in total. The maximum atomic E-state index is 12.1. The van der Waals surface area contributed by atoms with E-state index >= 15 is 0 Å². The minimum atomic E-state index is -0.738. The number of para-hydroxylation sites is 1. The van der Waals surface area contributed by atoms with E-state index in [1.54, 1.807) is 19.1 Å². The third-order valence-electron chi connectivity index (χ3n) is 2.92. The molecule has 110 valence electrons. The quantitative estimate of drug-likeness (QED) is 0.649. The molecule has 0 bridgehead atoms. The van der Waals surface area contributed by atoms with Crippen LogP contribution >= 0.6 is 0 Å². The van der Waals surface area contributed by atoms with Crippen LogP contribution in [0.25, 0.3) is 0 Å². The number of nitrogens with zero attached hydrogens (tertiary/aromatic N) is 1. The van der Waals surface area contributed by atoms with Crippen LogP contribution in [-0.2, 0) is 6.42 Å². The molecule has 0 radical (unpaired) electrons. The molecule has 1 amide bonds. The number of amides is 1. The van der Waals surface area contributed by atoms with Crippen molar-refractivity contribution in [2.75, 3.05) is 0 Å². The van der Waals surface area contributed by atoms with E-state index in [0.29, 0.717) is 12.2 Å². The van der Waals surface area contributed by atoms with Crippen LogP contribution in [0.5, 0.6) is 5.75 Å². The van der Waals surface area contributed by atoms with E-state index in [-0.39, 0.29) is 11.6 Å². The first kappa shape index (κ1) is 14.6. The number of rotatable bonds is 5. The van der Waals surface area contributed by atoms with Crippen molar-refractivity contribution in [1.29, 1.82) is 0 Å². The van der Waals surface area contributed by atoms with Crippen LogP contribution < -0.4 is 5.32 Å². The topological polar surface area (TPSA) is 106 Å². The summed E-state index contributed by atoms with van der Waals surface area (Å²) in [7, 11) is 0. The Kier molecular flexibility index (Phi) is 4.22. The van der Waals surface area contributed by atoms with Gasteiger partial charge < -0.3 is 14.8 Å². The van der Waals surface area contributed by atoms with E-state index in [2.05, 4.69) is 5.32 Å². The third kappa shape index (κ3) is 3.38. The number of nitro benzene ring substituents is 1. The Hall–Kier alpha value is -2.83. The number of carbonyl (C=O) groups excluding carboxylic acids is 1. The smallest absolute Gasteiger partial charge is 0.311 e. The molecule has 7 heteroatoms. The van der Waals surface area contributed by atoms with Gasteiger partial charge in [-0.2, -0.15) is 0 Å². The van der Waals surface area contributed by atoms with Crippen LogP contribution in [-0.4, -0.2) is 22.0 Å². The third-order valence-corrected chi connectivity index (χ3v) is 2.92. The van der Waals surface area contributed by atoms with Crippen molar-refractivity contribution < 1.29 is 19.2 Å². The fourth-order valence-electron chi connectivity index (χ4n) is 1.94. The standard InChI is InChI=1S/C14H14N2O5/c1-9(8-10-4-3-7-21-10)15-14(18)11-5-2-6-12(13(11)17)16(19)20/h2-7,9,17H,8H2,1H3,(H,15,18). The Morgan fingerprint density at radius 1 is 1.43 bits per heavy atom. The molecule has 0 spiro atoms. The molecule has 0 aliphatic carbocycles. The van der Waals surface area contributed by atoms with Crippen LogP contribution in [0.3, 0.4) is 0 Å². The first-order valence-electron chi connectivity index (χ1n) is 6.28.